The van der Waals surface area contributed by atoms with Crippen molar-refractivity contribution in [3.63, 3.8) is 0 Å². The van der Waals surface area contributed by atoms with Gasteiger partial charge >= 0.3 is 6.18 Å². The van der Waals surface area contributed by atoms with E-state index in [9.17, 15) is 13.2 Å². The van der Waals surface area contributed by atoms with Gasteiger partial charge < -0.3 is 4.90 Å². The zero-order chi connectivity index (χ0) is 19.6. The standard InChI is InChI=1S/C19H19F3N4S2/c20-19(21,22)15-4-2-14(3-5-15)17-24-16(13-28-17)12-25-7-1-8-26(10-9-25)18-23-6-11-27-18/h2-6,11,13H,1,7-10,12H2. The first kappa shape index (κ1) is 19.4. The number of aromatic nitrogens is 2. The maximum atomic E-state index is 12.7. The van der Waals surface area contributed by atoms with Crippen molar-refractivity contribution in [1.29, 1.82) is 0 Å². The van der Waals surface area contributed by atoms with E-state index in [4.69, 9.17) is 0 Å². The van der Waals surface area contributed by atoms with Crippen LogP contribution in [0.15, 0.2) is 41.2 Å². The van der Waals surface area contributed by atoms with Crippen molar-refractivity contribution in [3.05, 3.63) is 52.5 Å². The molecule has 1 aromatic carbocycles. The van der Waals surface area contributed by atoms with Crippen molar-refractivity contribution < 1.29 is 13.2 Å². The van der Waals surface area contributed by atoms with Crippen LogP contribution in [0.3, 0.4) is 0 Å². The van der Waals surface area contributed by atoms with Gasteiger partial charge in [-0.2, -0.15) is 13.2 Å². The highest BCUT2D eigenvalue weighted by molar-refractivity contribution is 7.13. The molecule has 4 rings (SSSR count). The molecular weight excluding hydrogens is 405 g/mol. The first-order chi connectivity index (χ1) is 13.5. The Morgan fingerprint density at radius 2 is 1.82 bits per heavy atom. The third-order valence-electron chi connectivity index (χ3n) is 4.67. The number of thiazole rings is 2. The molecule has 9 heteroatoms. The van der Waals surface area contributed by atoms with Crippen LogP contribution in [0.25, 0.3) is 10.6 Å². The van der Waals surface area contributed by atoms with E-state index < -0.39 is 11.7 Å². The van der Waals surface area contributed by atoms with Gasteiger partial charge in [0.05, 0.1) is 11.3 Å². The quantitative estimate of drug-likeness (QED) is 0.590. The molecular formula is C19H19F3N4S2. The minimum Gasteiger partial charge on any atom is -0.347 e. The Kier molecular flexibility index (Phi) is 5.65. The summed E-state index contributed by atoms with van der Waals surface area (Å²) in [6.07, 6.45) is -1.41. The van der Waals surface area contributed by atoms with Crippen molar-refractivity contribution >= 4 is 27.8 Å². The van der Waals surface area contributed by atoms with Gasteiger partial charge in [0.2, 0.25) is 0 Å². The van der Waals surface area contributed by atoms with E-state index >= 15 is 0 Å². The van der Waals surface area contributed by atoms with Crippen molar-refractivity contribution in [2.75, 3.05) is 31.1 Å². The molecule has 148 valence electrons. The maximum Gasteiger partial charge on any atom is 0.416 e. The largest absolute Gasteiger partial charge is 0.416 e. The molecule has 0 amide bonds. The van der Waals surface area contributed by atoms with Gasteiger partial charge in [-0.1, -0.05) is 12.1 Å². The van der Waals surface area contributed by atoms with Crippen LogP contribution in [0, 0.1) is 0 Å². The molecule has 0 atom stereocenters. The molecule has 4 nitrogen and oxygen atoms in total. The van der Waals surface area contributed by atoms with Crippen LogP contribution in [0.2, 0.25) is 0 Å². The minimum atomic E-state index is -4.31. The molecule has 2 aromatic heterocycles. The van der Waals surface area contributed by atoms with Crippen LogP contribution in [-0.2, 0) is 12.7 Å². The number of hydrogen-bond acceptors (Lipinski definition) is 6. The Bertz CT molecular complexity index is 891. The van der Waals surface area contributed by atoms with Gasteiger partial charge in [-0.15, -0.1) is 22.7 Å². The van der Waals surface area contributed by atoms with E-state index in [1.807, 2.05) is 17.0 Å². The molecule has 28 heavy (non-hydrogen) atoms. The van der Waals surface area contributed by atoms with Crippen LogP contribution in [0.5, 0.6) is 0 Å². The van der Waals surface area contributed by atoms with Gasteiger partial charge in [-0.3, -0.25) is 4.90 Å². The second kappa shape index (κ2) is 8.18. The molecule has 0 N–H and O–H groups in total. The van der Waals surface area contributed by atoms with Gasteiger partial charge in [0, 0.05) is 55.2 Å². The maximum absolute atomic E-state index is 12.7. The first-order valence-electron chi connectivity index (χ1n) is 8.98. The number of alkyl halides is 3. The number of anilines is 1. The van der Waals surface area contributed by atoms with Crippen LogP contribution in [0.1, 0.15) is 17.7 Å². The number of benzene rings is 1. The second-order valence-corrected chi connectivity index (χ2v) is 8.38. The molecule has 3 aromatic rings. The van der Waals surface area contributed by atoms with Gasteiger partial charge in [0.25, 0.3) is 0 Å². The molecule has 1 saturated heterocycles. The number of hydrogen-bond donors (Lipinski definition) is 0. The minimum absolute atomic E-state index is 0.637. The summed E-state index contributed by atoms with van der Waals surface area (Å²) in [6.45, 7) is 4.62. The number of halogens is 3. The Morgan fingerprint density at radius 1 is 1.00 bits per heavy atom. The monoisotopic (exact) mass is 424 g/mol. The predicted molar refractivity (Wildman–Crippen MR) is 107 cm³/mol. The fraction of sp³-hybridized carbons (Fsp3) is 0.368. The lowest BCUT2D eigenvalue weighted by Gasteiger charge is -2.20. The van der Waals surface area contributed by atoms with Crippen LogP contribution in [0.4, 0.5) is 18.3 Å². The first-order valence-corrected chi connectivity index (χ1v) is 10.7. The molecule has 1 aliphatic rings. The SMILES string of the molecule is FC(F)(F)c1ccc(-c2nc(CN3CCCN(c4nccs4)CC3)cs2)cc1. The van der Waals surface area contributed by atoms with Crippen molar-refractivity contribution in [3.8, 4) is 10.6 Å². The van der Waals surface area contributed by atoms with E-state index in [1.165, 1.54) is 23.5 Å². The summed E-state index contributed by atoms with van der Waals surface area (Å²) < 4.78 is 38.1. The Hall–Kier alpha value is -1.97. The molecule has 1 aliphatic heterocycles. The topological polar surface area (TPSA) is 32.3 Å². The lowest BCUT2D eigenvalue weighted by atomic mass is 10.1. The summed E-state index contributed by atoms with van der Waals surface area (Å²) in [4.78, 5) is 13.7. The fourth-order valence-electron chi connectivity index (χ4n) is 3.24. The zero-order valence-corrected chi connectivity index (χ0v) is 16.7. The Balaban J connectivity index is 1.38. The Labute approximate surface area is 169 Å². The number of rotatable bonds is 4. The zero-order valence-electron chi connectivity index (χ0n) is 15.0. The summed E-state index contributed by atoms with van der Waals surface area (Å²) in [7, 11) is 0. The molecule has 1 fully saturated rings. The van der Waals surface area contributed by atoms with Gasteiger partial charge in [-0.25, -0.2) is 9.97 Å². The van der Waals surface area contributed by atoms with Crippen molar-refractivity contribution in [2.45, 2.75) is 19.1 Å². The summed E-state index contributed by atoms with van der Waals surface area (Å²) in [5.74, 6) is 0. The Morgan fingerprint density at radius 3 is 2.54 bits per heavy atom. The average molecular weight is 425 g/mol. The third kappa shape index (κ3) is 4.53. The fourth-order valence-corrected chi connectivity index (χ4v) is 4.75. The van der Waals surface area contributed by atoms with Crippen molar-refractivity contribution in [1.82, 2.24) is 14.9 Å². The summed E-state index contributed by atoms with van der Waals surface area (Å²) in [5.41, 5.74) is 1.04. The third-order valence-corrected chi connectivity index (χ3v) is 6.45. The van der Waals surface area contributed by atoms with E-state index in [0.717, 1.165) is 72.7 Å². The number of nitrogens with zero attached hydrogens (tertiary/aromatic N) is 4. The normalized spacial score (nSPS) is 16.3. The second-order valence-electron chi connectivity index (χ2n) is 6.65. The summed E-state index contributed by atoms with van der Waals surface area (Å²) >= 11 is 3.13. The van der Waals surface area contributed by atoms with Crippen LogP contribution >= 0.6 is 22.7 Å². The average Bonchev–Trinajstić information content (AvgIpc) is 3.31. The molecule has 0 radical (unpaired) electrons. The van der Waals surface area contributed by atoms with E-state index in [2.05, 4.69) is 19.8 Å². The lowest BCUT2D eigenvalue weighted by molar-refractivity contribution is -0.137. The highest BCUT2D eigenvalue weighted by atomic mass is 32.1. The van der Waals surface area contributed by atoms with Crippen molar-refractivity contribution in [2.24, 2.45) is 0 Å². The molecule has 0 spiro atoms. The predicted octanol–water partition coefficient (Wildman–Crippen LogP) is 5.00. The van der Waals surface area contributed by atoms with E-state index in [0.29, 0.717) is 0 Å². The molecule has 0 saturated carbocycles. The summed E-state index contributed by atoms with van der Waals surface area (Å²) in [5, 5.41) is 5.81. The molecule has 3 heterocycles. The van der Waals surface area contributed by atoms with Gasteiger partial charge in [0.15, 0.2) is 5.13 Å². The van der Waals surface area contributed by atoms with Gasteiger partial charge in [0.1, 0.15) is 5.01 Å². The smallest absolute Gasteiger partial charge is 0.347 e. The molecule has 0 unspecified atom stereocenters. The van der Waals surface area contributed by atoms with Crippen LogP contribution < -0.4 is 4.90 Å². The van der Waals surface area contributed by atoms with Crippen LogP contribution in [-0.4, -0.2) is 41.0 Å². The highest BCUT2D eigenvalue weighted by Gasteiger charge is 2.30. The van der Waals surface area contributed by atoms with E-state index in [-0.39, 0.29) is 0 Å². The van der Waals surface area contributed by atoms with Gasteiger partial charge in [-0.05, 0) is 18.6 Å². The lowest BCUT2D eigenvalue weighted by Crippen LogP contribution is -2.30. The summed E-state index contributed by atoms with van der Waals surface area (Å²) in [6, 6.07) is 5.20. The molecule has 0 aliphatic carbocycles. The van der Waals surface area contributed by atoms with E-state index in [1.54, 1.807) is 11.3 Å². The highest BCUT2D eigenvalue weighted by Crippen LogP contribution is 2.32. The molecule has 0 bridgehead atoms.